The predicted molar refractivity (Wildman–Crippen MR) is 63.3 cm³/mol. The van der Waals surface area contributed by atoms with Crippen molar-refractivity contribution >= 4 is 29.2 Å². The molecule has 0 aliphatic heterocycles. The number of rotatable bonds is 5. The molecule has 0 unspecified atom stereocenters. The lowest BCUT2D eigenvalue weighted by Crippen LogP contribution is -2.08. The number of hydrogen-bond acceptors (Lipinski definition) is 2. The fourth-order valence-corrected chi connectivity index (χ4v) is 2.20. The average molecular weight is 229 g/mol. The van der Waals surface area contributed by atoms with E-state index in [1.807, 2.05) is 24.3 Å². The molecule has 0 fully saturated rings. The molecular weight excluding hydrogens is 216 g/mol. The highest BCUT2D eigenvalue weighted by molar-refractivity contribution is 7.99. The quantitative estimate of drug-likeness (QED) is 0.352. The van der Waals surface area contributed by atoms with E-state index < -0.39 is 0 Å². The Morgan fingerprint density at radius 1 is 1.43 bits per heavy atom. The number of nitrogens with two attached hydrogens (primary N) is 1. The van der Waals surface area contributed by atoms with Crippen LogP contribution in [0.3, 0.4) is 0 Å². The smallest absolute Gasteiger partial charge is 0.0905 e. The Kier molecular flexibility index (Phi) is 4.84. The third kappa shape index (κ3) is 4.03. The minimum Gasteiger partial charge on any atom is -0.388 e. The summed E-state index contributed by atoms with van der Waals surface area (Å²) in [4.78, 5) is 1.10. The Morgan fingerprint density at radius 3 is 2.79 bits per heavy atom. The Bertz CT molecular complexity index is 315. The monoisotopic (exact) mass is 228 g/mol. The number of halogens is 1. The van der Waals surface area contributed by atoms with E-state index in [-0.39, 0.29) is 5.84 Å². The maximum Gasteiger partial charge on any atom is 0.0905 e. The Labute approximate surface area is 93.3 Å². The molecule has 0 amide bonds. The molecule has 0 spiro atoms. The molecule has 0 heterocycles. The number of thioether (sulfide) groups is 1. The van der Waals surface area contributed by atoms with Crippen molar-refractivity contribution in [3.63, 3.8) is 0 Å². The lowest BCUT2D eigenvalue weighted by molar-refractivity contribution is 0.988. The van der Waals surface area contributed by atoms with Gasteiger partial charge >= 0.3 is 0 Å². The van der Waals surface area contributed by atoms with Crippen molar-refractivity contribution < 1.29 is 0 Å². The van der Waals surface area contributed by atoms with Gasteiger partial charge in [0.1, 0.15) is 0 Å². The Hall–Kier alpha value is -0.670. The third-order valence-corrected chi connectivity index (χ3v) is 3.29. The lowest BCUT2D eigenvalue weighted by atomic mass is 10.3. The molecule has 1 aromatic rings. The first kappa shape index (κ1) is 11.4. The fourth-order valence-electron chi connectivity index (χ4n) is 1.01. The molecule has 4 heteroatoms. The van der Waals surface area contributed by atoms with E-state index in [0.717, 1.165) is 22.1 Å². The van der Waals surface area contributed by atoms with Crippen LogP contribution in [0.5, 0.6) is 0 Å². The van der Waals surface area contributed by atoms with Crippen molar-refractivity contribution in [3.05, 3.63) is 29.3 Å². The summed E-state index contributed by atoms with van der Waals surface area (Å²) in [5, 5.41) is 7.85. The van der Waals surface area contributed by atoms with E-state index in [1.54, 1.807) is 11.8 Å². The van der Waals surface area contributed by atoms with Crippen molar-refractivity contribution in [2.24, 2.45) is 5.73 Å². The molecule has 0 atom stereocenters. The molecule has 0 aliphatic carbocycles. The predicted octanol–water partition coefficient (Wildman–Crippen LogP) is 3.15. The number of nitrogens with one attached hydrogen (secondary N) is 1. The Morgan fingerprint density at radius 2 is 2.14 bits per heavy atom. The summed E-state index contributed by atoms with van der Waals surface area (Å²) in [6.07, 6.45) is 1.59. The molecule has 0 bridgehead atoms. The standard InChI is InChI=1S/C10H13ClN2S/c11-8-4-1-2-5-9(8)14-7-3-6-10(12)13/h1-2,4-5H,3,6-7H2,(H3,12,13). The highest BCUT2D eigenvalue weighted by Crippen LogP contribution is 2.26. The summed E-state index contributed by atoms with van der Waals surface area (Å²) in [5.74, 6) is 1.20. The second-order valence-electron chi connectivity index (χ2n) is 2.91. The van der Waals surface area contributed by atoms with Crippen LogP contribution in [-0.2, 0) is 0 Å². The van der Waals surface area contributed by atoms with Crippen LogP contribution in [0.2, 0.25) is 5.02 Å². The molecule has 0 saturated carbocycles. The van der Waals surface area contributed by atoms with Crippen molar-refractivity contribution in [2.45, 2.75) is 17.7 Å². The zero-order valence-electron chi connectivity index (χ0n) is 7.79. The van der Waals surface area contributed by atoms with Gasteiger partial charge < -0.3 is 5.73 Å². The van der Waals surface area contributed by atoms with Crippen molar-refractivity contribution in [2.75, 3.05) is 5.75 Å². The number of amidine groups is 1. The molecule has 14 heavy (non-hydrogen) atoms. The second-order valence-corrected chi connectivity index (χ2v) is 4.45. The van der Waals surface area contributed by atoms with E-state index in [1.165, 1.54) is 0 Å². The molecule has 0 aromatic heterocycles. The molecular formula is C10H13ClN2S. The van der Waals surface area contributed by atoms with E-state index in [9.17, 15) is 0 Å². The van der Waals surface area contributed by atoms with Crippen molar-refractivity contribution in [1.82, 2.24) is 0 Å². The van der Waals surface area contributed by atoms with Crippen LogP contribution in [0.15, 0.2) is 29.2 Å². The van der Waals surface area contributed by atoms with E-state index in [2.05, 4.69) is 0 Å². The van der Waals surface area contributed by atoms with E-state index in [4.69, 9.17) is 22.7 Å². The summed E-state index contributed by atoms with van der Waals surface area (Å²) < 4.78 is 0. The zero-order chi connectivity index (χ0) is 10.4. The molecule has 2 nitrogen and oxygen atoms in total. The molecule has 1 rings (SSSR count). The van der Waals surface area contributed by atoms with Gasteiger partial charge in [0, 0.05) is 11.3 Å². The molecule has 76 valence electrons. The van der Waals surface area contributed by atoms with Crippen LogP contribution >= 0.6 is 23.4 Å². The summed E-state index contributed by atoms with van der Waals surface area (Å²) in [5.41, 5.74) is 5.25. The summed E-state index contributed by atoms with van der Waals surface area (Å²) in [7, 11) is 0. The van der Waals surface area contributed by atoms with Gasteiger partial charge in [0.25, 0.3) is 0 Å². The molecule has 3 N–H and O–H groups in total. The van der Waals surface area contributed by atoms with Gasteiger partial charge in [-0.3, -0.25) is 5.41 Å². The second kappa shape index (κ2) is 5.94. The third-order valence-electron chi connectivity index (χ3n) is 1.68. The normalized spacial score (nSPS) is 10.1. The minimum atomic E-state index is 0.254. The zero-order valence-corrected chi connectivity index (χ0v) is 9.37. The molecule has 0 radical (unpaired) electrons. The highest BCUT2D eigenvalue weighted by atomic mass is 35.5. The lowest BCUT2D eigenvalue weighted by Gasteiger charge is -2.02. The largest absolute Gasteiger partial charge is 0.388 e. The summed E-state index contributed by atoms with van der Waals surface area (Å²) in [6, 6.07) is 7.77. The average Bonchev–Trinajstić information content (AvgIpc) is 2.15. The van der Waals surface area contributed by atoms with Gasteiger partial charge in [-0.2, -0.15) is 0 Å². The SMILES string of the molecule is N=C(N)CCCSc1ccccc1Cl. The van der Waals surface area contributed by atoms with Crippen LogP contribution in [0.25, 0.3) is 0 Å². The van der Waals surface area contributed by atoms with Crippen molar-refractivity contribution in [1.29, 1.82) is 5.41 Å². The fraction of sp³-hybridized carbons (Fsp3) is 0.300. The van der Waals surface area contributed by atoms with Gasteiger partial charge in [-0.1, -0.05) is 23.7 Å². The first-order valence-electron chi connectivity index (χ1n) is 4.40. The number of benzene rings is 1. The van der Waals surface area contributed by atoms with Crippen LogP contribution in [0, 0.1) is 5.41 Å². The van der Waals surface area contributed by atoms with E-state index in [0.29, 0.717) is 6.42 Å². The van der Waals surface area contributed by atoms with Gasteiger partial charge in [-0.15, -0.1) is 11.8 Å². The van der Waals surface area contributed by atoms with Gasteiger partial charge in [0.05, 0.1) is 10.9 Å². The van der Waals surface area contributed by atoms with Crippen molar-refractivity contribution in [3.8, 4) is 0 Å². The summed E-state index contributed by atoms with van der Waals surface area (Å²) >= 11 is 7.68. The van der Waals surface area contributed by atoms with Gasteiger partial charge in [0.15, 0.2) is 0 Å². The van der Waals surface area contributed by atoms with E-state index >= 15 is 0 Å². The maximum atomic E-state index is 7.06. The van der Waals surface area contributed by atoms with Crippen LogP contribution in [0.1, 0.15) is 12.8 Å². The van der Waals surface area contributed by atoms with Crippen LogP contribution in [-0.4, -0.2) is 11.6 Å². The van der Waals surface area contributed by atoms with Crippen LogP contribution < -0.4 is 5.73 Å². The van der Waals surface area contributed by atoms with Crippen LogP contribution in [0.4, 0.5) is 0 Å². The highest BCUT2D eigenvalue weighted by Gasteiger charge is 1.99. The first-order chi connectivity index (χ1) is 6.70. The van der Waals surface area contributed by atoms with Gasteiger partial charge in [-0.25, -0.2) is 0 Å². The topological polar surface area (TPSA) is 49.9 Å². The number of hydrogen-bond donors (Lipinski definition) is 2. The maximum absolute atomic E-state index is 7.06. The molecule has 0 aliphatic rings. The minimum absolute atomic E-state index is 0.254. The Balaban J connectivity index is 2.31. The summed E-state index contributed by atoms with van der Waals surface area (Å²) in [6.45, 7) is 0. The molecule has 0 saturated heterocycles. The van der Waals surface area contributed by atoms with Gasteiger partial charge in [-0.05, 0) is 24.3 Å². The van der Waals surface area contributed by atoms with Gasteiger partial charge in [0.2, 0.25) is 0 Å². The first-order valence-corrected chi connectivity index (χ1v) is 5.76. The molecule has 1 aromatic carbocycles.